The van der Waals surface area contributed by atoms with Crippen LogP contribution in [0.25, 0.3) is 0 Å². The first kappa shape index (κ1) is 13.6. The number of nitriles is 1. The van der Waals surface area contributed by atoms with Crippen molar-refractivity contribution >= 4 is 11.7 Å². The Morgan fingerprint density at radius 1 is 1.25 bits per heavy atom. The summed E-state index contributed by atoms with van der Waals surface area (Å²) >= 11 is 0. The minimum Gasteiger partial charge on any atom is -0.478 e. The zero-order valence-electron chi connectivity index (χ0n) is 10.4. The van der Waals surface area contributed by atoms with Crippen molar-refractivity contribution in [3.63, 3.8) is 0 Å². The summed E-state index contributed by atoms with van der Waals surface area (Å²) in [4.78, 5) is 10.7. The van der Waals surface area contributed by atoms with Crippen LogP contribution in [0.1, 0.15) is 21.5 Å². The molecule has 0 aromatic heterocycles. The minimum atomic E-state index is -0.971. The van der Waals surface area contributed by atoms with Gasteiger partial charge in [0.2, 0.25) is 0 Å². The maximum atomic E-state index is 13.1. The lowest BCUT2D eigenvalue weighted by molar-refractivity contribution is 0.0697. The third-order valence-electron chi connectivity index (χ3n) is 2.78. The molecule has 0 atom stereocenters. The topological polar surface area (TPSA) is 73.1 Å². The first-order valence-corrected chi connectivity index (χ1v) is 5.86. The molecule has 0 bridgehead atoms. The van der Waals surface area contributed by atoms with Crippen LogP contribution < -0.4 is 5.32 Å². The molecule has 2 aromatic rings. The van der Waals surface area contributed by atoms with Gasteiger partial charge < -0.3 is 10.4 Å². The number of nitrogens with zero attached hydrogens (tertiary/aromatic N) is 1. The zero-order chi connectivity index (χ0) is 14.5. The lowest BCUT2D eigenvalue weighted by Gasteiger charge is -2.07. The monoisotopic (exact) mass is 270 g/mol. The molecule has 2 rings (SSSR count). The van der Waals surface area contributed by atoms with Crippen LogP contribution in [0.4, 0.5) is 10.1 Å². The average molecular weight is 270 g/mol. The average Bonchev–Trinajstić information content (AvgIpc) is 2.46. The molecule has 0 fully saturated rings. The van der Waals surface area contributed by atoms with Gasteiger partial charge in [-0.15, -0.1) is 0 Å². The lowest BCUT2D eigenvalue weighted by Crippen LogP contribution is -2.01. The van der Waals surface area contributed by atoms with Gasteiger partial charge in [0.05, 0.1) is 11.1 Å². The number of halogens is 1. The summed E-state index contributed by atoms with van der Waals surface area (Å²) in [6, 6.07) is 12.4. The van der Waals surface area contributed by atoms with Gasteiger partial charge in [-0.25, -0.2) is 9.18 Å². The van der Waals surface area contributed by atoms with Gasteiger partial charge in [0.15, 0.2) is 0 Å². The van der Waals surface area contributed by atoms with Gasteiger partial charge in [-0.3, -0.25) is 0 Å². The molecule has 0 saturated carbocycles. The van der Waals surface area contributed by atoms with Gasteiger partial charge in [0.1, 0.15) is 11.9 Å². The van der Waals surface area contributed by atoms with Crippen LogP contribution >= 0.6 is 0 Å². The van der Waals surface area contributed by atoms with Gasteiger partial charge >= 0.3 is 5.97 Å². The number of hydrogen-bond acceptors (Lipinski definition) is 3. The van der Waals surface area contributed by atoms with Crippen molar-refractivity contribution in [3.8, 4) is 6.07 Å². The fourth-order valence-electron chi connectivity index (χ4n) is 1.69. The molecule has 0 aliphatic carbocycles. The van der Waals surface area contributed by atoms with E-state index in [0.29, 0.717) is 12.2 Å². The van der Waals surface area contributed by atoms with Gasteiger partial charge in [-0.2, -0.15) is 5.26 Å². The largest absolute Gasteiger partial charge is 0.478 e. The third-order valence-corrected chi connectivity index (χ3v) is 2.78. The van der Waals surface area contributed by atoms with Gasteiger partial charge in [0.25, 0.3) is 0 Å². The van der Waals surface area contributed by atoms with Crippen LogP contribution in [-0.4, -0.2) is 11.1 Å². The van der Waals surface area contributed by atoms with Crippen molar-refractivity contribution in [3.05, 3.63) is 65.0 Å². The maximum absolute atomic E-state index is 13.1. The summed E-state index contributed by atoms with van der Waals surface area (Å²) in [6.45, 7) is 0.455. The predicted octanol–water partition coefficient (Wildman–Crippen LogP) is 3.01. The van der Waals surface area contributed by atoms with Crippen molar-refractivity contribution < 1.29 is 14.3 Å². The Hall–Kier alpha value is -2.87. The third kappa shape index (κ3) is 3.12. The molecule has 0 aliphatic heterocycles. The molecule has 0 unspecified atom stereocenters. The SMILES string of the molecule is N#Cc1cc(NCc2ccc(C(=O)O)cc2)ccc1F. The molecule has 2 aromatic carbocycles. The fraction of sp³-hybridized carbons (Fsp3) is 0.0667. The summed E-state index contributed by atoms with van der Waals surface area (Å²) in [5, 5.41) is 20.6. The molecule has 4 nitrogen and oxygen atoms in total. The van der Waals surface area contributed by atoms with Gasteiger partial charge in [-0.05, 0) is 35.9 Å². The Labute approximate surface area is 115 Å². The molecule has 0 aliphatic rings. The second-order valence-electron chi connectivity index (χ2n) is 4.16. The Balaban J connectivity index is 2.05. The minimum absolute atomic E-state index is 0.0174. The second-order valence-corrected chi connectivity index (χ2v) is 4.16. The molecule has 0 saturated heterocycles. The van der Waals surface area contributed by atoms with E-state index in [9.17, 15) is 9.18 Å². The highest BCUT2D eigenvalue weighted by atomic mass is 19.1. The van der Waals surface area contributed by atoms with E-state index in [4.69, 9.17) is 10.4 Å². The normalized spacial score (nSPS) is 9.80. The van der Waals surface area contributed by atoms with E-state index >= 15 is 0 Å². The van der Waals surface area contributed by atoms with E-state index in [1.807, 2.05) is 0 Å². The number of aromatic carboxylic acids is 1. The van der Waals surface area contributed by atoms with E-state index < -0.39 is 11.8 Å². The highest BCUT2D eigenvalue weighted by molar-refractivity contribution is 5.87. The van der Waals surface area contributed by atoms with Crippen LogP contribution in [0.15, 0.2) is 42.5 Å². The van der Waals surface area contributed by atoms with Gasteiger partial charge in [0, 0.05) is 12.2 Å². The predicted molar refractivity (Wildman–Crippen MR) is 71.8 cm³/mol. The number of carboxylic acids is 1. The van der Waals surface area contributed by atoms with E-state index in [2.05, 4.69) is 5.32 Å². The van der Waals surface area contributed by atoms with E-state index in [1.54, 1.807) is 24.3 Å². The molecule has 20 heavy (non-hydrogen) atoms. The number of nitrogens with one attached hydrogen (secondary N) is 1. The number of benzene rings is 2. The molecule has 0 amide bonds. The molecular weight excluding hydrogens is 259 g/mol. The van der Waals surface area contributed by atoms with Crippen LogP contribution in [0, 0.1) is 17.1 Å². The zero-order valence-corrected chi connectivity index (χ0v) is 10.4. The molecule has 100 valence electrons. The molecular formula is C15H11FN2O2. The first-order valence-electron chi connectivity index (χ1n) is 5.86. The highest BCUT2D eigenvalue weighted by Gasteiger charge is 2.04. The number of carboxylic acid groups (broad SMARTS) is 1. The van der Waals surface area contributed by atoms with Crippen LogP contribution in [0.3, 0.4) is 0 Å². The lowest BCUT2D eigenvalue weighted by atomic mass is 10.1. The number of hydrogen-bond donors (Lipinski definition) is 2. The fourth-order valence-corrected chi connectivity index (χ4v) is 1.69. The van der Waals surface area contributed by atoms with Crippen LogP contribution in [0.2, 0.25) is 0 Å². The molecule has 0 heterocycles. The van der Waals surface area contributed by atoms with Crippen molar-refractivity contribution in [2.75, 3.05) is 5.32 Å². The standard InChI is InChI=1S/C15H11FN2O2/c16-14-6-5-13(7-12(14)8-17)18-9-10-1-3-11(4-2-10)15(19)20/h1-7,18H,9H2,(H,19,20). The highest BCUT2D eigenvalue weighted by Crippen LogP contribution is 2.15. The van der Waals surface area contributed by atoms with Crippen LogP contribution in [-0.2, 0) is 6.54 Å². The Kier molecular flexibility index (Phi) is 3.96. The Morgan fingerprint density at radius 3 is 2.55 bits per heavy atom. The summed E-state index contributed by atoms with van der Waals surface area (Å²) in [7, 11) is 0. The quantitative estimate of drug-likeness (QED) is 0.895. The van der Waals surface area contributed by atoms with Crippen molar-refractivity contribution in [2.45, 2.75) is 6.54 Å². The number of rotatable bonds is 4. The van der Waals surface area contributed by atoms with Gasteiger partial charge in [-0.1, -0.05) is 12.1 Å². The van der Waals surface area contributed by atoms with E-state index in [-0.39, 0.29) is 11.1 Å². The number of carbonyl (C=O) groups is 1. The van der Waals surface area contributed by atoms with Crippen molar-refractivity contribution in [1.82, 2.24) is 0 Å². The molecule has 2 N–H and O–H groups in total. The van der Waals surface area contributed by atoms with Crippen molar-refractivity contribution in [2.24, 2.45) is 0 Å². The molecule has 0 radical (unpaired) electrons. The van der Waals surface area contributed by atoms with Crippen molar-refractivity contribution in [1.29, 1.82) is 5.26 Å². The van der Waals surface area contributed by atoms with E-state index in [1.165, 1.54) is 24.3 Å². The maximum Gasteiger partial charge on any atom is 0.335 e. The van der Waals surface area contributed by atoms with Crippen LogP contribution in [0.5, 0.6) is 0 Å². The smallest absolute Gasteiger partial charge is 0.335 e. The summed E-state index contributed by atoms with van der Waals surface area (Å²) in [5.41, 5.74) is 1.72. The first-order chi connectivity index (χ1) is 9.60. The summed E-state index contributed by atoms with van der Waals surface area (Å²) in [5.74, 6) is -1.52. The Bertz CT molecular complexity index is 675. The van der Waals surface area contributed by atoms with E-state index in [0.717, 1.165) is 5.56 Å². The number of anilines is 1. The Morgan fingerprint density at radius 2 is 1.95 bits per heavy atom. The molecule has 0 spiro atoms. The summed E-state index contributed by atoms with van der Waals surface area (Å²) in [6.07, 6.45) is 0. The second kappa shape index (κ2) is 5.85. The molecule has 5 heteroatoms. The summed E-state index contributed by atoms with van der Waals surface area (Å²) < 4.78 is 13.1.